The number of hydrogen-bond acceptors (Lipinski definition) is 0. The number of hydrogen-bond donors (Lipinski definition) is 0. The van der Waals surface area contributed by atoms with E-state index in [2.05, 4.69) is 96.2 Å². The zero-order valence-electron chi connectivity index (χ0n) is 31.0. The summed E-state index contributed by atoms with van der Waals surface area (Å²) in [6.07, 6.45) is -10.9. The van der Waals surface area contributed by atoms with Crippen molar-refractivity contribution in [3.05, 3.63) is 148 Å². The van der Waals surface area contributed by atoms with Gasteiger partial charge in [0.05, 0.1) is 0 Å². The second-order valence-corrected chi connectivity index (χ2v) is 16.4. The SMILES string of the molecule is CC(C)(C)c1ccc2c(c1)[cH-]c1cc(C(C)(C)C)ccc12.FC(F)(F)c1cc([C](=[Zr+2])c2cc(C(F)(F)F)cc(C(F)(F)F)c2)cc(C(F)(F)F)c1.[C-]1=CC=CC1. The van der Waals surface area contributed by atoms with E-state index < -0.39 is 61.3 Å². The number of rotatable bonds is 2. The molecule has 0 aromatic heterocycles. The maximum atomic E-state index is 13.0. The van der Waals surface area contributed by atoms with Gasteiger partial charge in [0, 0.05) is 0 Å². The summed E-state index contributed by atoms with van der Waals surface area (Å²) in [6, 6.07) is 16.8. The van der Waals surface area contributed by atoms with Gasteiger partial charge in [-0.25, -0.2) is 12.2 Å². The van der Waals surface area contributed by atoms with Crippen LogP contribution in [0.5, 0.6) is 0 Å². The van der Waals surface area contributed by atoms with Crippen LogP contribution in [0.3, 0.4) is 0 Å². The molecule has 0 spiro atoms. The molecular weight excluding hydrogens is 836 g/mol. The minimum absolute atomic E-state index is 0.00108. The first-order chi connectivity index (χ1) is 25.5. The van der Waals surface area contributed by atoms with E-state index >= 15 is 0 Å². The van der Waals surface area contributed by atoms with E-state index in [1.807, 2.05) is 12.2 Å². The zero-order valence-corrected chi connectivity index (χ0v) is 33.4. The van der Waals surface area contributed by atoms with Gasteiger partial charge >= 0.3 is 175 Å². The van der Waals surface area contributed by atoms with E-state index in [-0.39, 0.29) is 71.5 Å². The van der Waals surface area contributed by atoms with Crippen molar-refractivity contribution in [2.45, 2.75) is 83.5 Å². The summed E-state index contributed by atoms with van der Waals surface area (Å²) in [7, 11) is 0. The van der Waals surface area contributed by atoms with E-state index in [9.17, 15) is 52.7 Å². The van der Waals surface area contributed by atoms with E-state index in [0.29, 0.717) is 0 Å². The molecule has 0 unspecified atom stereocenters. The van der Waals surface area contributed by atoms with Gasteiger partial charge in [-0.15, -0.1) is 46.2 Å². The van der Waals surface area contributed by atoms with Gasteiger partial charge in [-0.3, -0.25) is 6.08 Å². The molecule has 1 aliphatic carbocycles. The molecule has 0 saturated heterocycles. The Labute approximate surface area is 331 Å². The molecule has 56 heavy (non-hydrogen) atoms. The summed E-state index contributed by atoms with van der Waals surface area (Å²) in [5.74, 6) is 0. The van der Waals surface area contributed by atoms with Crippen molar-refractivity contribution in [1.82, 2.24) is 0 Å². The normalized spacial score (nSPS) is 13.8. The van der Waals surface area contributed by atoms with Crippen molar-refractivity contribution in [2.24, 2.45) is 0 Å². The molecule has 0 saturated carbocycles. The molecule has 0 heterocycles. The van der Waals surface area contributed by atoms with E-state index in [0.717, 1.165) is 6.42 Å². The van der Waals surface area contributed by atoms with Crippen LogP contribution in [0.4, 0.5) is 52.7 Å². The average molecular weight is 872 g/mol. The van der Waals surface area contributed by atoms with Gasteiger partial charge in [0.2, 0.25) is 0 Å². The largest absolute Gasteiger partial charge is 0.273 e. The Bertz CT molecular complexity index is 2040. The Hall–Kier alpha value is -3.86. The second-order valence-electron chi connectivity index (χ2n) is 15.2. The molecule has 0 nitrogen and oxygen atoms in total. The molecule has 0 bridgehead atoms. The zero-order chi connectivity index (χ0) is 42.2. The molecule has 0 amide bonds. The fourth-order valence-electron chi connectivity index (χ4n) is 5.66. The summed E-state index contributed by atoms with van der Waals surface area (Å²) in [5.41, 5.74) is -5.33. The van der Waals surface area contributed by atoms with Crippen LogP contribution in [0.15, 0.2) is 97.1 Å². The van der Waals surface area contributed by atoms with Gasteiger partial charge in [0.25, 0.3) is 0 Å². The van der Waals surface area contributed by atoms with Crippen LogP contribution in [0.1, 0.15) is 92.5 Å². The fraction of sp³-hybridized carbons (Fsp3) is 0.302. The standard InChI is InChI=1S/C21H25.C17H6F12.C5H5.Zr/c1-20(2,3)16-7-9-18-14(12-16)11-15-13-17(21(4,5)6)8-10-19(15)18;18-14(19,20)10-2-8(3-11(6-10)15(21,22)23)1-9-4-12(16(24,25)26)7-13(5-9)17(27,28)29;1-2-4-5-3-1;/h7-13H,1-6H3;2-7H;1-3H,4H2;/q-1;;-1;+2. The van der Waals surface area contributed by atoms with Gasteiger partial charge in [-0.2, -0.15) is 6.08 Å². The van der Waals surface area contributed by atoms with Crippen LogP contribution in [-0.4, -0.2) is 3.21 Å². The number of halogens is 12. The average Bonchev–Trinajstić information content (AvgIpc) is 3.77. The summed E-state index contributed by atoms with van der Waals surface area (Å²) >= 11 is -0.00108. The Morgan fingerprint density at radius 2 is 0.839 bits per heavy atom. The first kappa shape index (κ1) is 44.9. The molecule has 0 N–H and O–H groups in total. The molecule has 0 aliphatic heterocycles. The Kier molecular flexibility index (Phi) is 13.0. The number of fused-ring (bicyclic) bond motifs is 3. The minimum atomic E-state index is -5.22. The summed E-state index contributed by atoms with van der Waals surface area (Å²) in [4.78, 5) is 0. The molecule has 1 aliphatic rings. The molecule has 296 valence electrons. The molecular formula is C43H36F12Zr. The van der Waals surface area contributed by atoms with Gasteiger partial charge in [-0.05, 0) is 10.8 Å². The van der Waals surface area contributed by atoms with Crippen molar-refractivity contribution >= 4 is 24.8 Å². The topological polar surface area (TPSA) is 0 Å². The van der Waals surface area contributed by atoms with Crippen molar-refractivity contribution < 1.29 is 76.9 Å². The van der Waals surface area contributed by atoms with Gasteiger partial charge in [0.1, 0.15) is 0 Å². The van der Waals surface area contributed by atoms with E-state index in [4.69, 9.17) is 0 Å². The summed E-state index contributed by atoms with van der Waals surface area (Å²) in [5, 5.41) is 5.48. The number of benzene rings is 4. The first-order valence-electron chi connectivity index (χ1n) is 17.0. The van der Waals surface area contributed by atoms with Crippen LogP contribution in [0.25, 0.3) is 21.5 Å². The second kappa shape index (κ2) is 16.2. The predicted octanol–water partition coefficient (Wildman–Crippen LogP) is 14.5. The Morgan fingerprint density at radius 3 is 1.07 bits per heavy atom. The van der Waals surface area contributed by atoms with Gasteiger partial charge < -0.3 is 0 Å². The van der Waals surface area contributed by atoms with E-state index in [1.54, 1.807) is 0 Å². The van der Waals surface area contributed by atoms with Crippen LogP contribution >= 0.6 is 0 Å². The Morgan fingerprint density at radius 1 is 0.500 bits per heavy atom. The monoisotopic (exact) mass is 870 g/mol. The smallest absolute Gasteiger partial charge is 0.109 e. The quantitative estimate of drug-likeness (QED) is 0.122. The molecule has 0 fully saturated rings. The van der Waals surface area contributed by atoms with Crippen molar-refractivity contribution in [1.29, 1.82) is 0 Å². The van der Waals surface area contributed by atoms with Crippen LogP contribution in [-0.2, 0) is 59.8 Å². The molecule has 5 aromatic rings. The third kappa shape index (κ3) is 11.4. The van der Waals surface area contributed by atoms with Crippen molar-refractivity contribution in [3.63, 3.8) is 0 Å². The van der Waals surface area contributed by atoms with Crippen molar-refractivity contribution in [2.75, 3.05) is 0 Å². The third-order valence-corrected chi connectivity index (χ3v) is 10.2. The first-order valence-corrected chi connectivity index (χ1v) is 18.2. The molecule has 13 heteroatoms. The van der Waals surface area contributed by atoms with Crippen LogP contribution in [0, 0.1) is 6.08 Å². The van der Waals surface area contributed by atoms with Gasteiger partial charge in [0.15, 0.2) is 0 Å². The van der Waals surface area contributed by atoms with Crippen molar-refractivity contribution in [3.8, 4) is 0 Å². The van der Waals surface area contributed by atoms with Crippen LogP contribution in [0.2, 0.25) is 0 Å². The molecule has 0 radical (unpaired) electrons. The molecule has 0 atom stereocenters. The molecule has 6 rings (SSSR count). The van der Waals surface area contributed by atoms with E-state index in [1.165, 1.54) is 32.7 Å². The summed E-state index contributed by atoms with van der Waals surface area (Å²) < 4.78 is 155. The number of allylic oxidation sites excluding steroid dienone is 4. The third-order valence-electron chi connectivity index (χ3n) is 8.77. The number of alkyl halides is 12. The van der Waals surface area contributed by atoms with Gasteiger partial charge in [-0.1, -0.05) is 76.9 Å². The molecule has 5 aromatic carbocycles. The fourth-order valence-corrected chi connectivity index (χ4v) is 6.37. The van der Waals surface area contributed by atoms with Crippen LogP contribution < -0.4 is 0 Å². The summed E-state index contributed by atoms with van der Waals surface area (Å²) in [6.45, 7) is 13.6. The minimum Gasteiger partial charge on any atom is -0.273 e. The predicted molar refractivity (Wildman–Crippen MR) is 192 cm³/mol. The Balaban J connectivity index is 0.000000230. The maximum absolute atomic E-state index is 13.0. The maximum Gasteiger partial charge on any atom is -0.109 e.